The molecule has 0 saturated carbocycles. The molecule has 5 nitrogen and oxygen atoms in total. The van der Waals surface area contributed by atoms with Gasteiger partial charge in [0.25, 0.3) is 0 Å². The highest BCUT2D eigenvalue weighted by Gasteiger charge is 2.16. The predicted molar refractivity (Wildman–Crippen MR) is 380 cm³/mol. The number of rotatable bonds is 68. The van der Waals surface area contributed by atoms with Crippen LogP contribution in [0.25, 0.3) is 0 Å². The molecule has 0 radical (unpaired) electrons. The molecule has 494 valence electrons. The number of hydrogen-bond acceptors (Lipinski definition) is 5. The quantitative estimate of drug-likeness (QED) is 0.0373. The molecule has 1 N–H and O–H groups in total. The monoisotopic (exact) mass is 1190 g/mol. The smallest absolute Gasteiger partial charge is 0.306 e. The van der Waals surface area contributed by atoms with Crippen LogP contribution in [-0.4, -0.2) is 36.4 Å². The second-order valence-corrected chi connectivity index (χ2v) is 24.7. The average molecular weight is 1190 g/mol. The number of carbonyl (C=O) groups is 2. The van der Waals surface area contributed by atoms with Crippen LogP contribution in [0.3, 0.4) is 0 Å². The highest BCUT2D eigenvalue weighted by Crippen LogP contribution is 2.19. The minimum atomic E-state index is -0.795. The van der Waals surface area contributed by atoms with Gasteiger partial charge in [0, 0.05) is 12.8 Å². The highest BCUT2D eigenvalue weighted by atomic mass is 16.6. The fraction of sp³-hybridized carbons (Fsp3) is 0.728. The number of carbonyl (C=O) groups excluding carboxylic acids is 2. The Morgan fingerprint density at radius 2 is 0.500 bits per heavy atom. The molecular formula is C81H140O5. The first-order valence-corrected chi connectivity index (χ1v) is 37.1. The third-order valence-corrected chi connectivity index (χ3v) is 16.3. The third kappa shape index (κ3) is 72.8. The van der Waals surface area contributed by atoms with E-state index in [4.69, 9.17) is 9.47 Å². The Hall–Kier alpha value is -3.70. The Morgan fingerprint density at radius 1 is 0.279 bits per heavy atom. The Bertz CT molecular complexity index is 1690. The maximum Gasteiger partial charge on any atom is 0.306 e. The summed E-state index contributed by atoms with van der Waals surface area (Å²) in [4.78, 5) is 24.7. The molecule has 0 amide bonds. The van der Waals surface area contributed by atoms with Crippen molar-refractivity contribution in [2.45, 2.75) is 367 Å². The van der Waals surface area contributed by atoms with E-state index in [0.29, 0.717) is 12.8 Å². The predicted octanol–water partition coefficient (Wildman–Crippen LogP) is 26.1. The van der Waals surface area contributed by atoms with Gasteiger partial charge in [0.1, 0.15) is 6.61 Å². The summed E-state index contributed by atoms with van der Waals surface area (Å²) < 4.78 is 10.7. The average Bonchev–Trinajstić information content (AvgIpc) is 3.55. The number of esters is 2. The maximum absolute atomic E-state index is 12.4. The Labute approximate surface area is 534 Å². The molecule has 0 aromatic rings. The maximum atomic E-state index is 12.4. The van der Waals surface area contributed by atoms with Crippen LogP contribution >= 0.6 is 0 Å². The van der Waals surface area contributed by atoms with Crippen LogP contribution < -0.4 is 0 Å². The van der Waals surface area contributed by atoms with Gasteiger partial charge < -0.3 is 14.6 Å². The summed E-state index contributed by atoms with van der Waals surface area (Å²) in [5.74, 6) is -0.613. The van der Waals surface area contributed by atoms with Crippen molar-refractivity contribution in [3.63, 3.8) is 0 Å². The fourth-order valence-corrected chi connectivity index (χ4v) is 10.8. The SMILES string of the molecule is CC/C=C\C/C=C\C/C=C\C/C=C\C/C=C\C/C=C\C/C=C\C/C=C\C/C=C\C/C=C\CCCCCCC(=O)OC(CO)COC(=O)CCCCCCCCCCCCCCCCCCCCCCCCCCCCCCCCCCCCCCC. The lowest BCUT2D eigenvalue weighted by atomic mass is 10.0. The topological polar surface area (TPSA) is 72.8 Å². The van der Waals surface area contributed by atoms with Gasteiger partial charge in [-0.2, -0.15) is 0 Å². The molecule has 86 heavy (non-hydrogen) atoms. The summed E-state index contributed by atoms with van der Waals surface area (Å²) in [6.45, 7) is 4.04. The molecule has 0 saturated heterocycles. The van der Waals surface area contributed by atoms with Crippen LogP contribution in [0.15, 0.2) is 122 Å². The number of aliphatic hydroxyl groups excluding tert-OH is 1. The van der Waals surface area contributed by atoms with Crippen LogP contribution in [0, 0.1) is 0 Å². The zero-order valence-electron chi connectivity index (χ0n) is 56.8. The Kier molecular flexibility index (Phi) is 72.3. The molecule has 0 bridgehead atoms. The minimum absolute atomic E-state index is 0.0799. The molecule has 0 aromatic heterocycles. The normalized spacial score (nSPS) is 12.9. The van der Waals surface area contributed by atoms with E-state index in [-0.39, 0.29) is 25.2 Å². The molecule has 0 fully saturated rings. The van der Waals surface area contributed by atoms with Gasteiger partial charge in [-0.15, -0.1) is 0 Å². The zero-order chi connectivity index (χ0) is 61.9. The van der Waals surface area contributed by atoms with E-state index in [1.807, 2.05) is 0 Å². The van der Waals surface area contributed by atoms with E-state index < -0.39 is 6.10 Å². The van der Waals surface area contributed by atoms with E-state index in [9.17, 15) is 14.7 Å². The van der Waals surface area contributed by atoms with Crippen molar-refractivity contribution in [1.82, 2.24) is 0 Å². The lowest BCUT2D eigenvalue weighted by Gasteiger charge is -2.15. The van der Waals surface area contributed by atoms with Gasteiger partial charge in [0.05, 0.1) is 6.61 Å². The largest absolute Gasteiger partial charge is 0.462 e. The summed E-state index contributed by atoms with van der Waals surface area (Å²) in [6, 6.07) is 0. The van der Waals surface area contributed by atoms with Crippen molar-refractivity contribution in [1.29, 1.82) is 0 Å². The lowest BCUT2D eigenvalue weighted by molar-refractivity contribution is -0.161. The van der Waals surface area contributed by atoms with Crippen molar-refractivity contribution < 1.29 is 24.2 Å². The minimum Gasteiger partial charge on any atom is -0.462 e. The van der Waals surface area contributed by atoms with Gasteiger partial charge in [-0.05, 0) is 89.9 Å². The number of unbranched alkanes of at least 4 members (excludes halogenated alkanes) is 40. The van der Waals surface area contributed by atoms with Crippen LogP contribution in [0.1, 0.15) is 361 Å². The number of hydrogen-bond donors (Lipinski definition) is 1. The van der Waals surface area contributed by atoms with Crippen molar-refractivity contribution >= 4 is 11.9 Å². The molecule has 5 heteroatoms. The van der Waals surface area contributed by atoms with Gasteiger partial charge in [-0.1, -0.05) is 379 Å². The van der Waals surface area contributed by atoms with E-state index in [1.165, 1.54) is 218 Å². The summed E-state index contributed by atoms with van der Waals surface area (Å²) >= 11 is 0. The summed E-state index contributed by atoms with van der Waals surface area (Å²) in [7, 11) is 0. The van der Waals surface area contributed by atoms with Gasteiger partial charge >= 0.3 is 11.9 Å². The first kappa shape index (κ1) is 82.3. The number of allylic oxidation sites excluding steroid dienone is 20. The van der Waals surface area contributed by atoms with Gasteiger partial charge in [-0.25, -0.2) is 0 Å². The van der Waals surface area contributed by atoms with Gasteiger partial charge in [-0.3, -0.25) is 9.59 Å². The van der Waals surface area contributed by atoms with E-state index in [0.717, 1.165) is 116 Å². The van der Waals surface area contributed by atoms with Crippen molar-refractivity contribution in [2.75, 3.05) is 13.2 Å². The van der Waals surface area contributed by atoms with Crippen molar-refractivity contribution in [3.05, 3.63) is 122 Å². The van der Waals surface area contributed by atoms with Crippen LogP contribution in [0.2, 0.25) is 0 Å². The fourth-order valence-electron chi connectivity index (χ4n) is 10.8. The van der Waals surface area contributed by atoms with E-state index in [2.05, 4.69) is 135 Å². The van der Waals surface area contributed by atoms with Gasteiger partial charge in [0.2, 0.25) is 0 Å². The van der Waals surface area contributed by atoms with Crippen LogP contribution in [-0.2, 0) is 19.1 Å². The third-order valence-electron chi connectivity index (χ3n) is 16.3. The molecule has 0 heterocycles. The Balaban J connectivity index is 3.51. The summed E-state index contributed by atoms with van der Waals surface area (Å²) in [5, 5.41) is 9.71. The molecule has 0 aliphatic carbocycles. The van der Waals surface area contributed by atoms with Crippen molar-refractivity contribution in [3.8, 4) is 0 Å². The molecule has 0 aliphatic rings. The number of ether oxygens (including phenoxy) is 2. The highest BCUT2D eigenvalue weighted by molar-refractivity contribution is 5.70. The molecule has 0 spiro atoms. The Morgan fingerprint density at radius 3 is 0.756 bits per heavy atom. The summed E-state index contributed by atoms with van der Waals surface area (Å²) in [5.41, 5.74) is 0. The molecule has 1 atom stereocenters. The molecule has 1 unspecified atom stereocenters. The zero-order valence-corrected chi connectivity index (χ0v) is 56.8. The molecular weight excluding hydrogens is 1050 g/mol. The molecule has 0 aliphatic heterocycles. The second kappa shape index (κ2) is 75.5. The molecule has 0 rings (SSSR count). The van der Waals surface area contributed by atoms with Crippen LogP contribution in [0.5, 0.6) is 0 Å². The van der Waals surface area contributed by atoms with Gasteiger partial charge in [0.15, 0.2) is 6.10 Å². The first-order chi connectivity index (χ1) is 42.6. The van der Waals surface area contributed by atoms with E-state index >= 15 is 0 Å². The van der Waals surface area contributed by atoms with Crippen LogP contribution in [0.4, 0.5) is 0 Å². The van der Waals surface area contributed by atoms with Crippen molar-refractivity contribution in [2.24, 2.45) is 0 Å². The first-order valence-electron chi connectivity index (χ1n) is 37.1. The number of aliphatic hydroxyl groups is 1. The second-order valence-electron chi connectivity index (χ2n) is 24.7. The van der Waals surface area contributed by atoms with E-state index in [1.54, 1.807) is 0 Å². The summed E-state index contributed by atoms with van der Waals surface area (Å²) in [6.07, 6.45) is 111. The standard InChI is InChI=1S/C81H140O5/c1-3-5-7-9-11-13-15-17-19-21-23-25-27-29-31-33-35-37-39-40-42-43-45-47-49-51-53-55-57-59-61-63-65-67-69-71-73-75-80(83)85-78-79(77-82)86-81(84)76-74-72-70-68-66-64-62-60-58-56-54-52-50-48-46-44-41-38-36-34-32-30-28-26-24-22-20-18-16-14-12-10-8-6-4-2/h6,8,12,14,18,20,24,26,30,32,36,38,44,46,50,52,56,58,62,64,79,82H,3-5,7,9-11,13,15-17,19,21-23,25,27-29,31,33-35,37,39-43,45,47-49,51,53-55,57,59-61,63,65-78H2,1-2H3/b8-6-,14-12-,20-18-,26-24-,32-30-,38-36-,46-44-,52-50-,58-56-,64-62-. The molecule has 0 aromatic carbocycles. The lowest BCUT2D eigenvalue weighted by Crippen LogP contribution is -2.28.